The number of hydrogen-bond acceptors (Lipinski definition) is 4. The largest absolute Gasteiger partial charge is 0.351 e. The SMILES string of the molecule is CCn1c(CCNC(=O)C(C#N)=Cc2cc(C)n(CC(C)C)c2C)n[nH]c1=S. The van der Waals surface area contributed by atoms with Crippen LogP contribution in [0, 0.1) is 35.9 Å². The minimum absolute atomic E-state index is 0.0964. The second-order valence-corrected chi connectivity index (χ2v) is 7.58. The fraction of sp³-hybridized carbons (Fsp3) is 0.500. The lowest BCUT2D eigenvalue weighted by molar-refractivity contribution is -0.117. The zero-order valence-electron chi connectivity index (χ0n) is 17.2. The van der Waals surface area contributed by atoms with Gasteiger partial charge in [0.25, 0.3) is 5.91 Å². The predicted molar refractivity (Wildman–Crippen MR) is 112 cm³/mol. The van der Waals surface area contributed by atoms with Crippen LogP contribution in [0.3, 0.4) is 0 Å². The fourth-order valence-electron chi connectivity index (χ4n) is 3.17. The summed E-state index contributed by atoms with van der Waals surface area (Å²) in [6.07, 6.45) is 2.20. The van der Waals surface area contributed by atoms with Crippen molar-refractivity contribution in [3.8, 4) is 6.07 Å². The number of nitrogens with one attached hydrogen (secondary N) is 2. The van der Waals surface area contributed by atoms with Crippen molar-refractivity contribution in [2.45, 2.75) is 54.1 Å². The van der Waals surface area contributed by atoms with Crippen LogP contribution in [-0.4, -0.2) is 31.8 Å². The lowest BCUT2D eigenvalue weighted by Gasteiger charge is -2.12. The van der Waals surface area contributed by atoms with E-state index in [0.29, 0.717) is 30.2 Å². The van der Waals surface area contributed by atoms with Crippen LogP contribution in [0.1, 0.15) is 43.5 Å². The molecule has 0 aliphatic rings. The van der Waals surface area contributed by atoms with E-state index in [-0.39, 0.29) is 11.5 Å². The van der Waals surface area contributed by atoms with Gasteiger partial charge in [-0.1, -0.05) is 13.8 Å². The Hall–Kier alpha value is -2.66. The monoisotopic (exact) mass is 400 g/mol. The maximum Gasteiger partial charge on any atom is 0.261 e. The zero-order chi connectivity index (χ0) is 20.8. The molecule has 0 fully saturated rings. The van der Waals surface area contributed by atoms with Crippen LogP contribution in [-0.2, 0) is 24.3 Å². The molecule has 0 atom stereocenters. The molecule has 0 saturated heterocycles. The summed E-state index contributed by atoms with van der Waals surface area (Å²) >= 11 is 5.16. The van der Waals surface area contributed by atoms with Crippen LogP contribution in [0.15, 0.2) is 11.6 Å². The van der Waals surface area contributed by atoms with Crippen molar-refractivity contribution in [1.29, 1.82) is 5.26 Å². The third-order valence-corrected chi connectivity index (χ3v) is 4.92. The summed E-state index contributed by atoms with van der Waals surface area (Å²) in [5, 5.41) is 19.2. The molecule has 0 aliphatic heterocycles. The first-order chi connectivity index (χ1) is 13.3. The standard InChI is InChI=1S/C20H28N6OS/c1-6-25-18(23-24-20(25)28)7-8-22-19(27)17(11-21)10-16-9-14(4)26(15(16)5)12-13(2)3/h9-10,13H,6-8,12H2,1-5H3,(H,22,27)(H,24,28). The molecule has 0 saturated carbocycles. The van der Waals surface area contributed by atoms with E-state index in [0.717, 1.165) is 29.3 Å². The number of nitrogens with zero attached hydrogens (tertiary/aromatic N) is 4. The molecule has 2 N–H and O–H groups in total. The van der Waals surface area contributed by atoms with Gasteiger partial charge >= 0.3 is 0 Å². The third-order valence-electron chi connectivity index (χ3n) is 4.61. The van der Waals surface area contributed by atoms with Crippen molar-refractivity contribution in [2.75, 3.05) is 6.54 Å². The van der Waals surface area contributed by atoms with E-state index < -0.39 is 0 Å². The quantitative estimate of drug-likeness (QED) is 0.404. The van der Waals surface area contributed by atoms with Crippen LogP contribution < -0.4 is 5.32 Å². The molecule has 7 nitrogen and oxygen atoms in total. The number of aromatic nitrogens is 4. The van der Waals surface area contributed by atoms with E-state index in [2.05, 4.69) is 33.9 Å². The van der Waals surface area contributed by atoms with Gasteiger partial charge < -0.3 is 14.5 Å². The van der Waals surface area contributed by atoms with Crippen molar-refractivity contribution in [2.24, 2.45) is 5.92 Å². The van der Waals surface area contributed by atoms with Crippen molar-refractivity contribution in [1.82, 2.24) is 24.6 Å². The van der Waals surface area contributed by atoms with Crippen LogP contribution >= 0.6 is 12.2 Å². The Morgan fingerprint density at radius 3 is 2.75 bits per heavy atom. The lowest BCUT2D eigenvalue weighted by atomic mass is 10.1. The summed E-state index contributed by atoms with van der Waals surface area (Å²) in [6, 6.07) is 4.03. The van der Waals surface area contributed by atoms with Crippen molar-refractivity contribution in [3.05, 3.63) is 39.2 Å². The predicted octanol–water partition coefficient (Wildman–Crippen LogP) is 3.30. The molecule has 0 unspecified atom stereocenters. The second kappa shape index (κ2) is 9.51. The van der Waals surface area contributed by atoms with Crippen molar-refractivity contribution >= 4 is 24.2 Å². The first kappa shape index (κ1) is 21.6. The van der Waals surface area contributed by atoms with Gasteiger partial charge in [0.1, 0.15) is 17.5 Å². The normalized spacial score (nSPS) is 11.7. The number of carbonyl (C=O) groups is 1. The summed E-state index contributed by atoms with van der Waals surface area (Å²) in [4.78, 5) is 12.4. The molecule has 2 heterocycles. The Bertz CT molecular complexity index is 970. The second-order valence-electron chi connectivity index (χ2n) is 7.20. The van der Waals surface area contributed by atoms with Gasteiger partial charge in [0.2, 0.25) is 0 Å². The number of rotatable bonds is 8. The topological polar surface area (TPSA) is 91.4 Å². The van der Waals surface area contributed by atoms with Crippen LogP contribution in [0.5, 0.6) is 0 Å². The van der Waals surface area contributed by atoms with E-state index in [9.17, 15) is 10.1 Å². The lowest BCUT2D eigenvalue weighted by Crippen LogP contribution is -2.27. The summed E-state index contributed by atoms with van der Waals surface area (Å²) in [5.74, 6) is 0.921. The van der Waals surface area contributed by atoms with Gasteiger partial charge in [-0.15, -0.1) is 0 Å². The summed E-state index contributed by atoms with van der Waals surface area (Å²) in [7, 11) is 0. The van der Waals surface area contributed by atoms with E-state index >= 15 is 0 Å². The molecule has 0 spiro atoms. The molecule has 1 amide bonds. The molecular formula is C20H28N6OS. The fourth-order valence-corrected chi connectivity index (χ4v) is 3.45. The highest BCUT2D eigenvalue weighted by atomic mass is 32.1. The van der Waals surface area contributed by atoms with Gasteiger partial charge in [0.15, 0.2) is 4.77 Å². The molecular weight excluding hydrogens is 372 g/mol. The Morgan fingerprint density at radius 1 is 1.43 bits per heavy atom. The Balaban J connectivity index is 2.09. The molecule has 150 valence electrons. The number of H-pyrrole nitrogens is 1. The number of hydrogen-bond donors (Lipinski definition) is 2. The number of aryl methyl sites for hydroxylation is 1. The first-order valence-corrected chi connectivity index (χ1v) is 9.90. The Labute approximate surface area is 171 Å². The number of carbonyl (C=O) groups excluding carboxylic acids is 1. The number of aromatic amines is 1. The van der Waals surface area contributed by atoms with Gasteiger partial charge in [0, 0.05) is 37.4 Å². The minimum atomic E-state index is -0.381. The van der Waals surface area contributed by atoms with Gasteiger partial charge in [-0.2, -0.15) is 10.4 Å². The number of amides is 1. The highest BCUT2D eigenvalue weighted by Gasteiger charge is 2.14. The summed E-state index contributed by atoms with van der Waals surface area (Å²) < 4.78 is 4.67. The molecule has 0 bridgehead atoms. The molecule has 0 radical (unpaired) electrons. The maximum absolute atomic E-state index is 12.4. The molecule has 8 heteroatoms. The Morgan fingerprint density at radius 2 is 2.14 bits per heavy atom. The zero-order valence-corrected chi connectivity index (χ0v) is 18.0. The van der Waals surface area contributed by atoms with Crippen LogP contribution in [0.2, 0.25) is 0 Å². The van der Waals surface area contributed by atoms with Gasteiger partial charge in [-0.3, -0.25) is 9.89 Å². The van der Waals surface area contributed by atoms with E-state index in [1.54, 1.807) is 6.08 Å². The van der Waals surface area contributed by atoms with E-state index in [1.165, 1.54) is 0 Å². The molecule has 0 aliphatic carbocycles. The summed E-state index contributed by atoms with van der Waals surface area (Å²) in [5.41, 5.74) is 3.18. The van der Waals surface area contributed by atoms with Gasteiger partial charge in [-0.05, 0) is 56.6 Å². The minimum Gasteiger partial charge on any atom is -0.351 e. The van der Waals surface area contributed by atoms with E-state index in [4.69, 9.17) is 12.2 Å². The molecule has 28 heavy (non-hydrogen) atoms. The summed E-state index contributed by atoms with van der Waals surface area (Å²) in [6.45, 7) is 12.4. The van der Waals surface area contributed by atoms with Crippen molar-refractivity contribution < 1.29 is 4.79 Å². The smallest absolute Gasteiger partial charge is 0.261 e. The maximum atomic E-state index is 12.4. The molecule has 2 rings (SSSR count). The van der Waals surface area contributed by atoms with E-state index in [1.807, 2.05) is 37.5 Å². The molecule has 2 aromatic heterocycles. The molecule has 2 aromatic rings. The third kappa shape index (κ3) is 4.98. The van der Waals surface area contributed by atoms with Gasteiger partial charge in [0.05, 0.1) is 0 Å². The average molecular weight is 401 g/mol. The highest BCUT2D eigenvalue weighted by molar-refractivity contribution is 7.71. The van der Waals surface area contributed by atoms with Crippen LogP contribution in [0.4, 0.5) is 0 Å². The van der Waals surface area contributed by atoms with Crippen molar-refractivity contribution in [3.63, 3.8) is 0 Å². The number of nitriles is 1. The average Bonchev–Trinajstić information content (AvgIpc) is 3.13. The highest BCUT2D eigenvalue weighted by Crippen LogP contribution is 2.19. The van der Waals surface area contributed by atoms with Crippen LogP contribution in [0.25, 0.3) is 6.08 Å². The molecule has 0 aromatic carbocycles. The first-order valence-electron chi connectivity index (χ1n) is 9.49. The van der Waals surface area contributed by atoms with Gasteiger partial charge in [-0.25, -0.2) is 0 Å². The Kier molecular flexibility index (Phi) is 7.35.